The van der Waals surface area contributed by atoms with E-state index in [1.165, 1.54) is 19.4 Å². The number of hydrogen-bond acceptors (Lipinski definition) is 6. The van der Waals surface area contributed by atoms with Crippen molar-refractivity contribution in [1.29, 1.82) is 0 Å². The smallest absolute Gasteiger partial charge is 0.259 e. The molecule has 0 N–H and O–H groups in total. The van der Waals surface area contributed by atoms with E-state index in [1.807, 2.05) is 12.3 Å². The molecule has 2 aliphatic rings. The molecule has 2 aromatic heterocycles. The zero-order valence-electron chi connectivity index (χ0n) is 14.5. The molecule has 1 aliphatic carbocycles. The topological polar surface area (TPSA) is 58.3 Å². The van der Waals surface area contributed by atoms with Crippen molar-refractivity contribution in [2.24, 2.45) is 5.92 Å². The molecule has 24 heavy (non-hydrogen) atoms. The highest BCUT2D eigenvalue weighted by Gasteiger charge is 2.26. The van der Waals surface area contributed by atoms with Crippen LogP contribution in [0.1, 0.15) is 38.4 Å². The number of nitrogens with zero attached hydrogens (tertiary/aromatic N) is 5. The lowest BCUT2D eigenvalue weighted by molar-refractivity contribution is 0.247. The minimum absolute atomic E-state index is 0.265. The summed E-state index contributed by atoms with van der Waals surface area (Å²) in [5.74, 6) is 3.56. The lowest BCUT2D eigenvalue weighted by atomic mass is 10.2. The first-order valence-corrected chi connectivity index (χ1v) is 8.96. The minimum atomic E-state index is 0.265. The summed E-state index contributed by atoms with van der Waals surface area (Å²) < 4.78 is 5.33. The fourth-order valence-corrected chi connectivity index (χ4v) is 3.11. The highest BCUT2D eigenvalue weighted by molar-refractivity contribution is 5.54. The Balaban J connectivity index is 1.38. The molecule has 0 spiro atoms. The number of rotatable bonds is 5. The zero-order valence-corrected chi connectivity index (χ0v) is 14.5. The van der Waals surface area contributed by atoms with Gasteiger partial charge in [-0.2, -0.15) is 4.98 Å². The van der Waals surface area contributed by atoms with E-state index in [1.54, 1.807) is 0 Å². The normalized spacial score (nSPS) is 19.2. The third-order valence-corrected chi connectivity index (χ3v) is 4.86. The molecule has 0 unspecified atom stereocenters. The zero-order chi connectivity index (χ0) is 16.5. The van der Waals surface area contributed by atoms with Gasteiger partial charge in [0.2, 0.25) is 0 Å². The summed E-state index contributed by atoms with van der Waals surface area (Å²) in [6.45, 7) is 9.78. The molecule has 128 valence electrons. The summed E-state index contributed by atoms with van der Waals surface area (Å²) in [4.78, 5) is 14.0. The van der Waals surface area contributed by atoms with Crippen molar-refractivity contribution in [2.75, 3.05) is 37.6 Å². The molecule has 6 nitrogen and oxygen atoms in total. The van der Waals surface area contributed by atoms with Gasteiger partial charge in [-0.05, 0) is 30.9 Å². The van der Waals surface area contributed by atoms with Crippen LogP contribution in [0.2, 0.25) is 0 Å². The van der Waals surface area contributed by atoms with Gasteiger partial charge in [-0.25, -0.2) is 4.98 Å². The lowest BCUT2D eigenvalue weighted by Crippen LogP contribution is -2.47. The first-order chi connectivity index (χ1) is 11.7. The highest BCUT2D eigenvalue weighted by Crippen LogP contribution is 2.30. The largest absolute Gasteiger partial charge is 0.354 e. The van der Waals surface area contributed by atoms with Crippen LogP contribution >= 0.6 is 0 Å². The Labute approximate surface area is 142 Å². The van der Waals surface area contributed by atoms with E-state index in [0.29, 0.717) is 5.89 Å². The molecular weight excluding hydrogens is 302 g/mol. The van der Waals surface area contributed by atoms with Crippen molar-refractivity contribution in [2.45, 2.75) is 32.6 Å². The van der Waals surface area contributed by atoms with Crippen LogP contribution in [0.5, 0.6) is 0 Å². The van der Waals surface area contributed by atoms with Gasteiger partial charge in [0.15, 0.2) is 5.82 Å². The van der Waals surface area contributed by atoms with Gasteiger partial charge < -0.3 is 9.42 Å². The number of anilines is 1. The first kappa shape index (κ1) is 15.6. The SMILES string of the molecule is CC(C)c1noc(-c2ccc(N3CCN(CC4CC4)CC3)nc2)n1. The second-order valence-electron chi connectivity index (χ2n) is 7.25. The minimum Gasteiger partial charge on any atom is -0.354 e. The average Bonchev–Trinajstić information content (AvgIpc) is 3.27. The molecule has 4 rings (SSSR count). The lowest BCUT2D eigenvalue weighted by Gasteiger charge is -2.35. The highest BCUT2D eigenvalue weighted by atomic mass is 16.5. The number of hydrogen-bond donors (Lipinski definition) is 0. The predicted molar refractivity (Wildman–Crippen MR) is 93.0 cm³/mol. The summed E-state index contributed by atoms with van der Waals surface area (Å²) in [7, 11) is 0. The van der Waals surface area contributed by atoms with Gasteiger partial charge in [-0.3, -0.25) is 4.90 Å². The van der Waals surface area contributed by atoms with Crippen molar-refractivity contribution in [3.8, 4) is 11.5 Å². The molecule has 1 saturated heterocycles. The molecule has 0 amide bonds. The molecule has 0 aromatic carbocycles. The van der Waals surface area contributed by atoms with Gasteiger partial charge in [0.1, 0.15) is 5.82 Å². The average molecular weight is 327 g/mol. The molecule has 3 heterocycles. The quantitative estimate of drug-likeness (QED) is 0.841. The Morgan fingerprint density at radius 2 is 1.96 bits per heavy atom. The summed E-state index contributed by atoms with van der Waals surface area (Å²) in [6, 6.07) is 4.08. The maximum atomic E-state index is 5.33. The van der Waals surface area contributed by atoms with Gasteiger partial charge in [0.25, 0.3) is 5.89 Å². The summed E-state index contributed by atoms with van der Waals surface area (Å²) >= 11 is 0. The molecule has 1 aliphatic heterocycles. The molecule has 0 atom stereocenters. The molecule has 0 bridgehead atoms. The third kappa shape index (κ3) is 3.43. The van der Waals surface area contributed by atoms with Gasteiger partial charge >= 0.3 is 0 Å². The van der Waals surface area contributed by atoms with Gasteiger partial charge in [0, 0.05) is 44.8 Å². The number of pyridine rings is 1. The molecule has 2 aromatic rings. The van der Waals surface area contributed by atoms with Crippen LogP contribution in [0.3, 0.4) is 0 Å². The van der Waals surface area contributed by atoms with Crippen molar-refractivity contribution in [3.05, 3.63) is 24.2 Å². The number of piperazine rings is 1. The summed E-state index contributed by atoms with van der Waals surface area (Å²) in [6.07, 6.45) is 4.69. The van der Waals surface area contributed by atoms with E-state index in [4.69, 9.17) is 4.52 Å². The first-order valence-electron chi connectivity index (χ1n) is 8.96. The van der Waals surface area contributed by atoms with Crippen LogP contribution < -0.4 is 4.90 Å². The van der Waals surface area contributed by atoms with Gasteiger partial charge in [-0.15, -0.1) is 0 Å². The fourth-order valence-electron chi connectivity index (χ4n) is 3.11. The molecule has 0 radical (unpaired) electrons. The number of aromatic nitrogens is 3. The van der Waals surface area contributed by atoms with Crippen molar-refractivity contribution in [1.82, 2.24) is 20.0 Å². The van der Waals surface area contributed by atoms with Crippen LogP contribution in [-0.2, 0) is 0 Å². The second kappa shape index (κ2) is 6.51. The van der Waals surface area contributed by atoms with Crippen molar-refractivity contribution in [3.63, 3.8) is 0 Å². The Bertz CT molecular complexity index is 669. The van der Waals surface area contributed by atoms with E-state index >= 15 is 0 Å². The maximum absolute atomic E-state index is 5.33. The van der Waals surface area contributed by atoms with E-state index in [2.05, 4.69) is 44.8 Å². The van der Waals surface area contributed by atoms with Gasteiger partial charge in [-0.1, -0.05) is 19.0 Å². The fraction of sp³-hybridized carbons (Fsp3) is 0.611. The Hall–Kier alpha value is -1.95. The molecule has 2 fully saturated rings. The molecule has 6 heteroatoms. The third-order valence-electron chi connectivity index (χ3n) is 4.86. The monoisotopic (exact) mass is 327 g/mol. The van der Waals surface area contributed by atoms with E-state index in [9.17, 15) is 0 Å². The van der Waals surface area contributed by atoms with E-state index in [0.717, 1.165) is 49.3 Å². The van der Waals surface area contributed by atoms with Crippen LogP contribution in [0.15, 0.2) is 22.9 Å². The van der Waals surface area contributed by atoms with Crippen LogP contribution in [0, 0.1) is 5.92 Å². The Morgan fingerprint density at radius 1 is 1.17 bits per heavy atom. The van der Waals surface area contributed by atoms with Crippen LogP contribution in [-0.4, -0.2) is 52.7 Å². The Morgan fingerprint density at radius 3 is 2.54 bits per heavy atom. The molecule has 1 saturated carbocycles. The second-order valence-corrected chi connectivity index (χ2v) is 7.25. The maximum Gasteiger partial charge on any atom is 0.259 e. The summed E-state index contributed by atoms with van der Waals surface area (Å²) in [5, 5.41) is 4.01. The van der Waals surface area contributed by atoms with Gasteiger partial charge in [0.05, 0.1) is 5.56 Å². The van der Waals surface area contributed by atoms with Crippen LogP contribution in [0.25, 0.3) is 11.5 Å². The van der Waals surface area contributed by atoms with Crippen LogP contribution in [0.4, 0.5) is 5.82 Å². The van der Waals surface area contributed by atoms with Crippen molar-refractivity contribution >= 4 is 5.82 Å². The van der Waals surface area contributed by atoms with E-state index < -0.39 is 0 Å². The molecular formula is C18H25N5O. The summed E-state index contributed by atoms with van der Waals surface area (Å²) in [5.41, 5.74) is 0.880. The van der Waals surface area contributed by atoms with Crippen molar-refractivity contribution < 1.29 is 4.52 Å². The Kier molecular flexibility index (Phi) is 4.22. The standard InChI is InChI=1S/C18H25N5O/c1-13(2)17-20-18(24-21-17)15-5-6-16(19-11-15)23-9-7-22(8-10-23)12-14-3-4-14/h5-6,11,13-14H,3-4,7-10,12H2,1-2H3. The van der Waals surface area contributed by atoms with E-state index in [-0.39, 0.29) is 5.92 Å². The predicted octanol–water partition coefficient (Wildman–Crippen LogP) is 2.79.